The van der Waals surface area contributed by atoms with Crippen LogP contribution in [0.25, 0.3) is 11.3 Å². The number of amides is 1. The van der Waals surface area contributed by atoms with E-state index in [1.54, 1.807) is 18.2 Å². The number of nitrogens with zero attached hydrogens (tertiary/aromatic N) is 1. The summed E-state index contributed by atoms with van der Waals surface area (Å²) in [4.78, 5) is 29.1. The molecule has 4 rings (SSSR count). The van der Waals surface area contributed by atoms with Gasteiger partial charge in [0.2, 0.25) is 6.10 Å². The van der Waals surface area contributed by atoms with E-state index in [0.29, 0.717) is 16.6 Å². The molecule has 2 atom stereocenters. The van der Waals surface area contributed by atoms with Gasteiger partial charge in [0, 0.05) is 10.9 Å². The van der Waals surface area contributed by atoms with Gasteiger partial charge in [0.05, 0.1) is 5.69 Å². The van der Waals surface area contributed by atoms with Crippen LogP contribution in [0.15, 0.2) is 60.0 Å². The summed E-state index contributed by atoms with van der Waals surface area (Å²) in [5.41, 5.74) is 1.72. The Bertz CT molecular complexity index is 1020. The van der Waals surface area contributed by atoms with Crippen molar-refractivity contribution in [3.8, 4) is 22.8 Å². The summed E-state index contributed by atoms with van der Waals surface area (Å²) in [7, 11) is 0. The highest BCUT2D eigenvalue weighted by molar-refractivity contribution is 7.14. The van der Waals surface area contributed by atoms with E-state index in [1.165, 1.54) is 18.3 Å². The number of para-hydroxylation sites is 2. The number of carbonyl (C=O) groups is 2. The van der Waals surface area contributed by atoms with Crippen molar-refractivity contribution >= 4 is 28.3 Å². The van der Waals surface area contributed by atoms with Crippen LogP contribution in [0.5, 0.6) is 11.5 Å². The van der Waals surface area contributed by atoms with Gasteiger partial charge in [0.15, 0.2) is 22.7 Å². The van der Waals surface area contributed by atoms with Crippen molar-refractivity contribution in [2.24, 2.45) is 0 Å². The Kier molecular flexibility index (Phi) is 5.44. The Labute approximate surface area is 171 Å². The van der Waals surface area contributed by atoms with Gasteiger partial charge in [-0.05, 0) is 19.1 Å². The van der Waals surface area contributed by atoms with Gasteiger partial charge in [-0.15, -0.1) is 11.3 Å². The van der Waals surface area contributed by atoms with Gasteiger partial charge in [0.1, 0.15) is 6.61 Å². The lowest BCUT2D eigenvalue weighted by Gasteiger charge is -2.25. The molecule has 1 aliphatic rings. The molecule has 1 aromatic heterocycles. The van der Waals surface area contributed by atoms with Gasteiger partial charge in [-0.25, -0.2) is 9.78 Å². The second-order valence-electron chi connectivity index (χ2n) is 6.34. The van der Waals surface area contributed by atoms with E-state index in [1.807, 2.05) is 41.8 Å². The van der Waals surface area contributed by atoms with Crippen molar-refractivity contribution in [1.29, 1.82) is 0 Å². The van der Waals surface area contributed by atoms with Crippen LogP contribution in [-0.4, -0.2) is 35.7 Å². The predicted octanol–water partition coefficient (Wildman–Crippen LogP) is 3.52. The molecular formula is C21H18N2O5S. The number of hydrogen-bond acceptors (Lipinski definition) is 7. The first kappa shape index (κ1) is 18.9. The summed E-state index contributed by atoms with van der Waals surface area (Å²) < 4.78 is 16.4. The molecule has 0 radical (unpaired) electrons. The average molecular weight is 410 g/mol. The largest absolute Gasteiger partial charge is 0.485 e. The summed E-state index contributed by atoms with van der Waals surface area (Å²) in [5, 5.41) is 4.96. The third kappa shape index (κ3) is 4.38. The third-order valence-electron chi connectivity index (χ3n) is 4.24. The number of anilines is 1. The summed E-state index contributed by atoms with van der Waals surface area (Å²) >= 11 is 1.30. The molecule has 0 saturated carbocycles. The third-order valence-corrected chi connectivity index (χ3v) is 5.00. The first-order valence-electron chi connectivity index (χ1n) is 9.01. The number of rotatable bonds is 5. The number of aromatic nitrogens is 1. The topological polar surface area (TPSA) is 86.8 Å². The fraction of sp³-hybridized carbons (Fsp3) is 0.190. The first-order valence-corrected chi connectivity index (χ1v) is 9.89. The second kappa shape index (κ2) is 8.32. The molecule has 1 amide bonds. The zero-order chi connectivity index (χ0) is 20.2. The van der Waals surface area contributed by atoms with Gasteiger partial charge in [-0.1, -0.05) is 42.5 Å². The van der Waals surface area contributed by atoms with Crippen molar-refractivity contribution in [2.75, 3.05) is 11.9 Å². The summed E-state index contributed by atoms with van der Waals surface area (Å²) in [6.45, 7) is 1.52. The number of thiazole rings is 1. The Morgan fingerprint density at radius 1 is 1.14 bits per heavy atom. The highest BCUT2D eigenvalue weighted by Crippen LogP contribution is 2.31. The first-order chi connectivity index (χ1) is 14.1. The molecular weight excluding hydrogens is 392 g/mol. The number of ether oxygens (including phenoxy) is 3. The standard InChI is InChI=1S/C21H18N2O5S/c1-13(27-20(25)18-11-26-16-9-5-6-10-17(16)28-18)19(24)23-21-22-15(12-29-21)14-7-3-2-4-8-14/h2-10,12-13,18H,11H2,1H3,(H,22,23,24). The minimum Gasteiger partial charge on any atom is -0.485 e. The van der Waals surface area contributed by atoms with Crippen LogP contribution in [0.4, 0.5) is 5.13 Å². The molecule has 29 heavy (non-hydrogen) atoms. The second-order valence-corrected chi connectivity index (χ2v) is 7.19. The van der Waals surface area contributed by atoms with Crippen LogP contribution in [0, 0.1) is 0 Å². The van der Waals surface area contributed by atoms with E-state index in [0.717, 1.165) is 11.3 Å². The van der Waals surface area contributed by atoms with E-state index >= 15 is 0 Å². The zero-order valence-corrected chi connectivity index (χ0v) is 16.3. The van der Waals surface area contributed by atoms with E-state index in [4.69, 9.17) is 14.2 Å². The quantitative estimate of drug-likeness (QED) is 0.648. The molecule has 1 aliphatic heterocycles. The lowest BCUT2D eigenvalue weighted by atomic mass is 10.2. The van der Waals surface area contributed by atoms with Crippen molar-refractivity contribution in [3.05, 3.63) is 60.0 Å². The maximum Gasteiger partial charge on any atom is 0.351 e. The Balaban J connectivity index is 1.33. The van der Waals surface area contributed by atoms with Crippen LogP contribution >= 0.6 is 11.3 Å². The van der Waals surface area contributed by atoms with Crippen LogP contribution in [0.3, 0.4) is 0 Å². The van der Waals surface area contributed by atoms with Gasteiger partial charge < -0.3 is 14.2 Å². The number of nitrogens with one attached hydrogen (secondary N) is 1. The van der Waals surface area contributed by atoms with Crippen LogP contribution in [-0.2, 0) is 14.3 Å². The van der Waals surface area contributed by atoms with Crippen molar-refractivity contribution in [1.82, 2.24) is 4.98 Å². The minimum atomic E-state index is -1.01. The zero-order valence-electron chi connectivity index (χ0n) is 15.5. The maximum atomic E-state index is 12.4. The van der Waals surface area contributed by atoms with E-state index in [9.17, 15) is 9.59 Å². The molecule has 148 valence electrons. The van der Waals surface area contributed by atoms with Crippen LogP contribution in [0.1, 0.15) is 6.92 Å². The van der Waals surface area contributed by atoms with E-state index in [-0.39, 0.29) is 6.61 Å². The van der Waals surface area contributed by atoms with Gasteiger partial charge in [0.25, 0.3) is 5.91 Å². The number of hydrogen-bond donors (Lipinski definition) is 1. The summed E-state index contributed by atoms with van der Waals surface area (Å²) in [6, 6.07) is 16.7. The highest BCUT2D eigenvalue weighted by Gasteiger charge is 2.31. The fourth-order valence-electron chi connectivity index (χ4n) is 2.72. The predicted molar refractivity (Wildman–Crippen MR) is 108 cm³/mol. The molecule has 8 heteroatoms. The van der Waals surface area contributed by atoms with Gasteiger partial charge in [-0.2, -0.15) is 0 Å². The molecule has 2 unspecified atom stereocenters. The smallest absolute Gasteiger partial charge is 0.351 e. The fourth-order valence-corrected chi connectivity index (χ4v) is 3.44. The maximum absolute atomic E-state index is 12.4. The van der Waals surface area contributed by atoms with Gasteiger partial charge in [-0.3, -0.25) is 10.1 Å². The number of benzene rings is 2. The van der Waals surface area contributed by atoms with Crippen LogP contribution in [0.2, 0.25) is 0 Å². The van der Waals surface area contributed by atoms with Crippen LogP contribution < -0.4 is 14.8 Å². The average Bonchev–Trinajstić information content (AvgIpc) is 3.22. The molecule has 3 aromatic rings. The monoisotopic (exact) mass is 410 g/mol. The lowest BCUT2D eigenvalue weighted by molar-refractivity contribution is -0.162. The molecule has 0 bridgehead atoms. The normalized spacial score (nSPS) is 16.0. The number of esters is 1. The Hall–Kier alpha value is -3.39. The van der Waals surface area contributed by atoms with Gasteiger partial charge >= 0.3 is 5.97 Å². The minimum absolute atomic E-state index is 0.0249. The Morgan fingerprint density at radius 3 is 2.66 bits per heavy atom. The molecule has 2 heterocycles. The van der Waals surface area contributed by atoms with Crippen molar-refractivity contribution in [3.63, 3.8) is 0 Å². The number of fused-ring (bicyclic) bond motifs is 1. The molecule has 1 N–H and O–H groups in total. The van der Waals surface area contributed by atoms with E-state index in [2.05, 4.69) is 10.3 Å². The SMILES string of the molecule is CC(OC(=O)C1COc2ccccc2O1)C(=O)Nc1nc(-c2ccccc2)cs1. The van der Waals surface area contributed by atoms with Crippen molar-refractivity contribution in [2.45, 2.75) is 19.1 Å². The molecule has 0 spiro atoms. The molecule has 2 aromatic carbocycles. The lowest BCUT2D eigenvalue weighted by Crippen LogP contribution is -2.41. The van der Waals surface area contributed by atoms with E-state index < -0.39 is 24.1 Å². The molecule has 7 nitrogen and oxygen atoms in total. The van der Waals surface area contributed by atoms with Crippen molar-refractivity contribution < 1.29 is 23.8 Å². The highest BCUT2D eigenvalue weighted by atomic mass is 32.1. The number of carbonyl (C=O) groups excluding carboxylic acids is 2. The molecule has 0 fully saturated rings. The Morgan fingerprint density at radius 2 is 1.86 bits per heavy atom. The summed E-state index contributed by atoms with van der Waals surface area (Å²) in [5.74, 6) is -0.0925. The molecule has 0 aliphatic carbocycles. The molecule has 0 saturated heterocycles. The summed E-state index contributed by atoms with van der Waals surface area (Å²) in [6.07, 6.45) is -1.93.